The summed E-state index contributed by atoms with van der Waals surface area (Å²) in [5, 5.41) is 0. The molecule has 1 aliphatic rings. The zero-order valence-electron chi connectivity index (χ0n) is 16.9. The Morgan fingerprint density at radius 2 is 1.67 bits per heavy atom. The lowest BCUT2D eigenvalue weighted by Crippen LogP contribution is -2.31. The summed E-state index contributed by atoms with van der Waals surface area (Å²) in [6.07, 6.45) is 1.85. The summed E-state index contributed by atoms with van der Waals surface area (Å²) < 4.78 is 20.9. The maximum absolute atomic E-state index is 14.9. The third-order valence-electron chi connectivity index (χ3n) is 6.50. The fraction of sp³-hybridized carbons (Fsp3) is 0.435. The second-order valence-corrected chi connectivity index (χ2v) is 9.07. The van der Waals surface area contributed by atoms with Gasteiger partial charge in [-0.2, -0.15) is 0 Å². The standard InChI is InChI=1S/C23H28BFO2/c1-16(26)18-11-20(25)19(24-14-22(2,3)23(4,5)15-24)12-21(18)27-13-17-9-7-6-8-10-17/h6-12H,13-15H2,1-5H3. The average Bonchev–Trinajstić information content (AvgIpc) is 2.81. The number of ketones is 1. The number of rotatable bonds is 5. The molecule has 1 fully saturated rings. The van der Waals surface area contributed by atoms with Crippen molar-refractivity contribution in [3.63, 3.8) is 0 Å². The number of hydrogen-bond donors (Lipinski definition) is 0. The van der Waals surface area contributed by atoms with Gasteiger partial charge in [0.25, 0.3) is 0 Å². The highest BCUT2D eigenvalue weighted by molar-refractivity contribution is 6.74. The number of ether oxygens (including phenoxy) is 1. The van der Waals surface area contributed by atoms with E-state index < -0.39 is 0 Å². The first-order chi connectivity index (χ1) is 12.6. The predicted octanol–water partition coefficient (Wildman–Crippen LogP) is 5.38. The van der Waals surface area contributed by atoms with Gasteiger partial charge < -0.3 is 4.74 Å². The van der Waals surface area contributed by atoms with Crippen molar-refractivity contribution in [3.05, 3.63) is 59.4 Å². The first-order valence-corrected chi connectivity index (χ1v) is 9.62. The summed E-state index contributed by atoms with van der Waals surface area (Å²) in [6.45, 7) is 10.9. The molecule has 0 unspecified atom stereocenters. The predicted molar refractivity (Wildman–Crippen MR) is 110 cm³/mol. The Kier molecular flexibility index (Phi) is 5.20. The number of carbonyl (C=O) groups excluding carboxylic acids is 1. The van der Waals surface area contributed by atoms with Gasteiger partial charge in [0, 0.05) is 0 Å². The van der Waals surface area contributed by atoms with Crippen molar-refractivity contribution in [1.29, 1.82) is 0 Å². The van der Waals surface area contributed by atoms with Gasteiger partial charge >= 0.3 is 0 Å². The molecule has 0 amide bonds. The normalized spacial score (nSPS) is 17.8. The van der Waals surface area contributed by atoms with Crippen molar-refractivity contribution < 1.29 is 13.9 Å². The number of hydrogen-bond acceptors (Lipinski definition) is 2. The van der Waals surface area contributed by atoms with Crippen molar-refractivity contribution in [2.75, 3.05) is 0 Å². The third-order valence-corrected chi connectivity index (χ3v) is 6.50. The van der Waals surface area contributed by atoms with E-state index >= 15 is 0 Å². The van der Waals surface area contributed by atoms with Gasteiger partial charge in [-0.3, -0.25) is 4.79 Å². The molecule has 2 aromatic carbocycles. The van der Waals surface area contributed by atoms with E-state index in [0.717, 1.165) is 18.2 Å². The zero-order chi connectivity index (χ0) is 19.8. The van der Waals surface area contributed by atoms with Crippen LogP contribution in [-0.2, 0) is 6.61 Å². The van der Waals surface area contributed by atoms with Crippen LogP contribution in [0.25, 0.3) is 0 Å². The molecule has 2 nitrogen and oxygen atoms in total. The van der Waals surface area contributed by atoms with Gasteiger partial charge in [0.1, 0.15) is 18.2 Å². The molecule has 4 heteroatoms. The van der Waals surface area contributed by atoms with Gasteiger partial charge in [0.15, 0.2) is 12.5 Å². The molecule has 0 bridgehead atoms. The number of Topliss-reactive ketones (excluding diaryl/α,β-unsaturated/α-hetero) is 1. The number of benzene rings is 2. The fourth-order valence-corrected chi connectivity index (χ4v) is 4.09. The summed E-state index contributed by atoms with van der Waals surface area (Å²) >= 11 is 0. The quantitative estimate of drug-likeness (QED) is 0.525. The maximum atomic E-state index is 14.9. The zero-order valence-corrected chi connectivity index (χ0v) is 16.9. The number of carbonyl (C=O) groups is 1. The van der Waals surface area contributed by atoms with Gasteiger partial charge in [-0.05, 0) is 40.9 Å². The SMILES string of the molecule is CC(=O)c1cc(F)c(B2CC(C)(C)C(C)(C)C2)cc1OCc1ccccc1. The minimum absolute atomic E-state index is 0.133. The minimum Gasteiger partial charge on any atom is -0.488 e. The van der Waals surface area contributed by atoms with Crippen LogP contribution in [0.3, 0.4) is 0 Å². The van der Waals surface area contributed by atoms with Gasteiger partial charge in [-0.25, -0.2) is 4.39 Å². The summed E-state index contributed by atoms with van der Waals surface area (Å²) in [6, 6.07) is 12.9. The molecule has 1 heterocycles. The van der Waals surface area contributed by atoms with Crippen molar-refractivity contribution in [2.45, 2.75) is 53.9 Å². The minimum atomic E-state index is -0.300. The van der Waals surface area contributed by atoms with Crippen LogP contribution < -0.4 is 10.2 Å². The van der Waals surface area contributed by atoms with Crippen LogP contribution in [0.4, 0.5) is 4.39 Å². The van der Waals surface area contributed by atoms with Crippen molar-refractivity contribution in [2.24, 2.45) is 10.8 Å². The lowest BCUT2D eigenvalue weighted by molar-refractivity contribution is 0.101. The Hall–Kier alpha value is -2.10. The Labute approximate surface area is 162 Å². The fourth-order valence-electron chi connectivity index (χ4n) is 4.09. The molecule has 1 saturated heterocycles. The van der Waals surface area contributed by atoms with Crippen LogP contribution in [0.1, 0.15) is 50.5 Å². The molecule has 0 aromatic heterocycles. The Morgan fingerprint density at radius 1 is 1.07 bits per heavy atom. The van der Waals surface area contributed by atoms with Gasteiger partial charge in [-0.1, -0.05) is 70.7 Å². The van der Waals surface area contributed by atoms with Crippen molar-refractivity contribution in [1.82, 2.24) is 0 Å². The molecule has 0 spiro atoms. The molecule has 0 atom stereocenters. The second-order valence-electron chi connectivity index (χ2n) is 9.07. The summed E-state index contributed by atoms with van der Waals surface area (Å²) in [7, 11) is 0. The summed E-state index contributed by atoms with van der Waals surface area (Å²) in [4.78, 5) is 12.0. The van der Waals surface area contributed by atoms with E-state index in [1.165, 1.54) is 13.0 Å². The smallest absolute Gasteiger partial charge is 0.181 e. The molecule has 27 heavy (non-hydrogen) atoms. The first-order valence-electron chi connectivity index (χ1n) is 9.62. The van der Waals surface area contributed by atoms with Crippen LogP contribution in [0.15, 0.2) is 42.5 Å². The van der Waals surface area contributed by atoms with Crippen LogP contribution in [0, 0.1) is 16.6 Å². The highest BCUT2D eigenvalue weighted by atomic mass is 19.1. The Balaban J connectivity index is 1.93. The van der Waals surface area contributed by atoms with Gasteiger partial charge in [0.05, 0.1) is 5.56 Å². The second kappa shape index (κ2) is 7.14. The lowest BCUT2D eigenvalue weighted by Gasteiger charge is -2.35. The van der Waals surface area contributed by atoms with Crippen LogP contribution >= 0.6 is 0 Å². The topological polar surface area (TPSA) is 26.3 Å². The number of halogens is 1. The third kappa shape index (κ3) is 3.95. The van der Waals surface area contributed by atoms with Crippen molar-refractivity contribution in [3.8, 4) is 5.75 Å². The van der Waals surface area contributed by atoms with E-state index in [1.807, 2.05) is 30.3 Å². The van der Waals surface area contributed by atoms with Gasteiger partial charge in [0.2, 0.25) is 0 Å². The largest absolute Gasteiger partial charge is 0.488 e. The van der Waals surface area contributed by atoms with E-state index in [-0.39, 0.29) is 29.1 Å². The van der Waals surface area contributed by atoms with Crippen LogP contribution in [-0.4, -0.2) is 12.5 Å². The van der Waals surface area contributed by atoms with E-state index in [0.29, 0.717) is 23.4 Å². The molecule has 3 rings (SSSR count). The molecule has 2 aromatic rings. The first kappa shape index (κ1) is 19.7. The van der Waals surface area contributed by atoms with Gasteiger partial charge in [-0.15, -0.1) is 0 Å². The van der Waals surface area contributed by atoms with E-state index in [1.54, 1.807) is 6.07 Å². The van der Waals surface area contributed by atoms with Crippen molar-refractivity contribution >= 4 is 18.0 Å². The maximum Gasteiger partial charge on any atom is 0.181 e. The summed E-state index contributed by atoms with van der Waals surface area (Å²) in [5.41, 5.74) is 2.26. The average molecular weight is 366 g/mol. The lowest BCUT2D eigenvalue weighted by atomic mass is 9.42. The van der Waals surface area contributed by atoms with Crippen LogP contribution in [0.2, 0.25) is 12.6 Å². The Morgan fingerprint density at radius 3 is 2.22 bits per heavy atom. The molecule has 0 radical (unpaired) electrons. The molecular weight excluding hydrogens is 338 g/mol. The molecule has 0 aliphatic carbocycles. The van der Waals surface area contributed by atoms with Crippen LogP contribution in [0.5, 0.6) is 5.75 Å². The molecular formula is C23H28BFO2. The highest BCUT2D eigenvalue weighted by Crippen LogP contribution is 2.52. The van der Waals surface area contributed by atoms with E-state index in [9.17, 15) is 9.18 Å². The monoisotopic (exact) mass is 366 g/mol. The molecule has 0 N–H and O–H groups in total. The van der Waals surface area contributed by atoms with E-state index in [4.69, 9.17) is 4.74 Å². The summed E-state index contributed by atoms with van der Waals surface area (Å²) in [5.74, 6) is -0.00776. The highest BCUT2D eigenvalue weighted by Gasteiger charge is 2.48. The molecule has 142 valence electrons. The molecule has 0 saturated carbocycles. The molecule has 1 aliphatic heterocycles. The van der Waals surface area contributed by atoms with E-state index in [2.05, 4.69) is 27.7 Å². The Bertz CT molecular complexity index is 827.